The number of benzene rings is 2. The maximum Gasteiger partial charge on any atom is 0.339 e. The first-order valence-electron chi connectivity index (χ1n) is 7.45. The molecule has 1 N–H and O–H groups in total. The topological polar surface area (TPSA) is 77.4 Å². The van der Waals surface area contributed by atoms with Gasteiger partial charge in [-0.1, -0.05) is 24.3 Å². The minimum atomic E-state index is -3.98. The summed E-state index contributed by atoms with van der Waals surface area (Å²) in [7, 11) is -2.77. The molecule has 3 rings (SSSR count). The third kappa shape index (κ3) is 3.41. The van der Waals surface area contributed by atoms with Crippen LogP contribution in [-0.4, -0.2) is 26.1 Å². The summed E-state index contributed by atoms with van der Waals surface area (Å²) in [5.74, 6) is -0.709. The molecule has 3 aromatic rings. The van der Waals surface area contributed by atoms with E-state index in [1.165, 1.54) is 19.2 Å². The molecular weight excluding hydrogens is 340 g/mol. The molecule has 0 unspecified atom stereocenters. The summed E-state index contributed by atoms with van der Waals surface area (Å²) < 4.78 is 34.7. The number of hydrogen-bond acceptors (Lipinski definition) is 4. The molecule has 0 spiro atoms. The molecule has 0 bridgehead atoms. The zero-order valence-electron chi connectivity index (χ0n) is 13.4. The summed E-state index contributed by atoms with van der Waals surface area (Å²) >= 11 is 0. The van der Waals surface area contributed by atoms with E-state index in [1.54, 1.807) is 34.9 Å². The van der Waals surface area contributed by atoms with Gasteiger partial charge in [-0.15, -0.1) is 0 Å². The fourth-order valence-electron chi connectivity index (χ4n) is 2.46. The van der Waals surface area contributed by atoms with Crippen LogP contribution in [0.15, 0.2) is 78.0 Å². The zero-order valence-corrected chi connectivity index (χ0v) is 14.2. The lowest BCUT2D eigenvalue weighted by atomic mass is 10.2. The van der Waals surface area contributed by atoms with Crippen LogP contribution in [0.2, 0.25) is 0 Å². The molecule has 0 saturated carbocycles. The van der Waals surface area contributed by atoms with Gasteiger partial charge in [0.15, 0.2) is 0 Å². The maximum atomic E-state index is 12.8. The second-order valence-electron chi connectivity index (χ2n) is 5.20. The fraction of sp³-hybridized carbons (Fsp3) is 0.0556. The second-order valence-corrected chi connectivity index (χ2v) is 6.85. The van der Waals surface area contributed by atoms with Crippen LogP contribution in [0.25, 0.3) is 5.69 Å². The van der Waals surface area contributed by atoms with E-state index in [4.69, 9.17) is 0 Å². The number of para-hydroxylation sites is 2. The van der Waals surface area contributed by atoms with E-state index < -0.39 is 16.0 Å². The van der Waals surface area contributed by atoms with E-state index in [0.29, 0.717) is 11.4 Å². The highest BCUT2D eigenvalue weighted by atomic mass is 32.2. The molecule has 2 aromatic carbocycles. The number of carbonyl (C=O) groups excluding carboxylic acids is 1. The van der Waals surface area contributed by atoms with Crippen molar-refractivity contribution in [1.29, 1.82) is 0 Å². The van der Waals surface area contributed by atoms with E-state index in [1.807, 2.05) is 30.6 Å². The van der Waals surface area contributed by atoms with Crippen molar-refractivity contribution in [3.05, 3.63) is 78.6 Å². The number of sulfonamides is 1. The number of nitrogens with zero attached hydrogens (tertiary/aromatic N) is 1. The largest absolute Gasteiger partial charge is 0.465 e. The number of aromatic nitrogens is 1. The minimum absolute atomic E-state index is 0.0176. The van der Waals surface area contributed by atoms with E-state index in [0.717, 1.165) is 0 Å². The molecule has 0 aliphatic carbocycles. The van der Waals surface area contributed by atoms with Crippen molar-refractivity contribution in [2.24, 2.45) is 0 Å². The van der Waals surface area contributed by atoms with Gasteiger partial charge in [0.1, 0.15) is 4.90 Å². The molecule has 128 valence electrons. The molecule has 7 heteroatoms. The lowest BCUT2D eigenvalue weighted by Gasteiger charge is -2.14. The van der Waals surface area contributed by atoms with Crippen molar-refractivity contribution >= 4 is 21.7 Å². The van der Waals surface area contributed by atoms with Gasteiger partial charge in [0.2, 0.25) is 0 Å². The Hall–Kier alpha value is -3.06. The van der Waals surface area contributed by atoms with Gasteiger partial charge in [0, 0.05) is 12.4 Å². The highest BCUT2D eigenvalue weighted by Crippen LogP contribution is 2.25. The van der Waals surface area contributed by atoms with Crippen molar-refractivity contribution < 1.29 is 17.9 Å². The van der Waals surface area contributed by atoms with Crippen LogP contribution < -0.4 is 4.72 Å². The normalized spacial score (nSPS) is 11.1. The number of methoxy groups -OCH3 is 1. The smallest absolute Gasteiger partial charge is 0.339 e. The van der Waals surface area contributed by atoms with Crippen LogP contribution in [0, 0.1) is 0 Å². The lowest BCUT2D eigenvalue weighted by molar-refractivity contribution is 0.0596. The fourth-order valence-corrected chi connectivity index (χ4v) is 3.73. The van der Waals surface area contributed by atoms with Crippen LogP contribution >= 0.6 is 0 Å². The average molecular weight is 356 g/mol. The van der Waals surface area contributed by atoms with Gasteiger partial charge in [-0.25, -0.2) is 13.2 Å². The molecule has 0 aliphatic rings. The molecule has 6 nitrogen and oxygen atoms in total. The zero-order chi connectivity index (χ0) is 17.9. The number of esters is 1. The highest BCUT2D eigenvalue weighted by molar-refractivity contribution is 7.92. The van der Waals surface area contributed by atoms with Crippen molar-refractivity contribution in [2.45, 2.75) is 4.90 Å². The SMILES string of the molecule is COC(=O)c1ccccc1S(=O)(=O)Nc1ccccc1-n1cccc1. The van der Waals surface area contributed by atoms with Gasteiger partial charge in [-0.05, 0) is 36.4 Å². The Kier molecular flexibility index (Phi) is 4.58. The summed E-state index contributed by atoms with van der Waals surface area (Å²) in [6, 6.07) is 16.6. The Bertz CT molecular complexity index is 995. The molecule has 0 saturated heterocycles. The number of hydrogen-bond donors (Lipinski definition) is 1. The minimum Gasteiger partial charge on any atom is -0.465 e. The van der Waals surface area contributed by atoms with Crippen LogP contribution in [0.3, 0.4) is 0 Å². The van der Waals surface area contributed by atoms with Crippen molar-refractivity contribution in [2.75, 3.05) is 11.8 Å². The summed E-state index contributed by atoms with van der Waals surface area (Å²) in [4.78, 5) is 11.7. The van der Waals surface area contributed by atoms with Gasteiger partial charge in [0.05, 0.1) is 24.0 Å². The summed E-state index contributed by atoms with van der Waals surface area (Å²) in [5.41, 5.74) is 1.06. The number of rotatable bonds is 5. The van der Waals surface area contributed by atoms with Gasteiger partial charge in [-0.3, -0.25) is 4.72 Å². The summed E-state index contributed by atoms with van der Waals surface area (Å²) in [6.07, 6.45) is 3.63. The molecular formula is C18H16N2O4S. The van der Waals surface area contributed by atoms with Crippen LogP contribution in [0.4, 0.5) is 5.69 Å². The first-order chi connectivity index (χ1) is 12.0. The van der Waals surface area contributed by atoms with E-state index >= 15 is 0 Å². The molecule has 0 amide bonds. The Morgan fingerprint density at radius 1 is 0.960 bits per heavy atom. The number of carbonyl (C=O) groups is 1. The average Bonchev–Trinajstić information content (AvgIpc) is 3.15. The van der Waals surface area contributed by atoms with Crippen molar-refractivity contribution in [1.82, 2.24) is 4.57 Å². The van der Waals surface area contributed by atoms with Crippen molar-refractivity contribution in [3.63, 3.8) is 0 Å². The Balaban J connectivity index is 2.04. The van der Waals surface area contributed by atoms with Crippen molar-refractivity contribution in [3.8, 4) is 5.69 Å². The highest BCUT2D eigenvalue weighted by Gasteiger charge is 2.23. The Morgan fingerprint density at radius 3 is 2.32 bits per heavy atom. The standard InChI is InChI=1S/C18H16N2O4S/c1-24-18(21)14-8-2-5-11-17(14)25(22,23)19-15-9-3-4-10-16(15)20-12-6-7-13-20/h2-13,19H,1H3. The molecule has 0 fully saturated rings. The van der Waals surface area contributed by atoms with Crippen LogP contribution in [-0.2, 0) is 14.8 Å². The molecule has 0 atom stereocenters. The van der Waals surface area contributed by atoms with Crippen LogP contribution in [0.1, 0.15) is 10.4 Å². The predicted octanol–water partition coefficient (Wildman–Crippen LogP) is 3.06. The first-order valence-corrected chi connectivity index (χ1v) is 8.94. The molecule has 25 heavy (non-hydrogen) atoms. The quantitative estimate of drug-likeness (QED) is 0.713. The predicted molar refractivity (Wildman–Crippen MR) is 94.4 cm³/mol. The monoisotopic (exact) mass is 356 g/mol. The molecule has 0 radical (unpaired) electrons. The number of anilines is 1. The maximum absolute atomic E-state index is 12.8. The van der Waals surface area contributed by atoms with E-state index in [2.05, 4.69) is 9.46 Å². The molecule has 1 aromatic heterocycles. The Morgan fingerprint density at radius 2 is 1.60 bits per heavy atom. The molecule has 0 aliphatic heterocycles. The third-order valence-electron chi connectivity index (χ3n) is 3.61. The third-order valence-corrected chi connectivity index (χ3v) is 5.04. The van der Waals surface area contributed by atoms with Gasteiger partial charge in [-0.2, -0.15) is 0 Å². The van der Waals surface area contributed by atoms with E-state index in [-0.39, 0.29) is 10.5 Å². The van der Waals surface area contributed by atoms with Gasteiger partial charge < -0.3 is 9.30 Å². The lowest BCUT2D eigenvalue weighted by Crippen LogP contribution is -2.18. The second kappa shape index (κ2) is 6.82. The number of ether oxygens (including phenoxy) is 1. The van der Waals surface area contributed by atoms with Gasteiger partial charge in [0.25, 0.3) is 10.0 Å². The van der Waals surface area contributed by atoms with Crippen LogP contribution in [0.5, 0.6) is 0 Å². The van der Waals surface area contributed by atoms with Gasteiger partial charge >= 0.3 is 5.97 Å². The first kappa shape index (κ1) is 16.8. The number of nitrogens with one attached hydrogen (secondary N) is 1. The Labute approximate surface area is 145 Å². The summed E-state index contributed by atoms with van der Waals surface area (Å²) in [6.45, 7) is 0. The van der Waals surface area contributed by atoms with E-state index in [9.17, 15) is 13.2 Å². The molecule has 1 heterocycles. The summed E-state index contributed by atoms with van der Waals surface area (Å²) in [5, 5.41) is 0.